The highest BCUT2D eigenvalue weighted by atomic mass is 19.1. The number of halogens is 1. The molecule has 0 saturated heterocycles. The third-order valence-electron chi connectivity index (χ3n) is 2.72. The summed E-state index contributed by atoms with van der Waals surface area (Å²) < 4.78 is 13.0. The summed E-state index contributed by atoms with van der Waals surface area (Å²) in [5, 5.41) is 0. The zero-order chi connectivity index (χ0) is 13.7. The lowest BCUT2D eigenvalue weighted by atomic mass is 10.1. The van der Waals surface area contributed by atoms with Crippen molar-refractivity contribution in [2.45, 2.75) is 6.54 Å². The summed E-state index contributed by atoms with van der Waals surface area (Å²) in [6.45, 7) is 0.821. The van der Waals surface area contributed by atoms with Gasteiger partial charge in [-0.25, -0.2) is 4.39 Å². The summed E-state index contributed by atoms with van der Waals surface area (Å²) in [6.07, 6.45) is 1.72. The molecule has 0 atom stereocenters. The maximum absolute atomic E-state index is 13.0. The highest BCUT2D eigenvalue weighted by Gasteiger charge is 2.10. The van der Waals surface area contributed by atoms with Crippen molar-refractivity contribution in [2.24, 2.45) is 0 Å². The summed E-state index contributed by atoms with van der Waals surface area (Å²) in [4.78, 5) is 18.0. The van der Waals surface area contributed by atoms with Gasteiger partial charge in [0.05, 0.1) is 12.2 Å². The minimum atomic E-state index is -0.391. The van der Waals surface area contributed by atoms with Gasteiger partial charge in [-0.1, -0.05) is 18.2 Å². The quantitative estimate of drug-likeness (QED) is 0.773. The number of nitrogens with zero attached hydrogens (tertiary/aromatic N) is 2. The van der Waals surface area contributed by atoms with E-state index in [-0.39, 0.29) is 12.3 Å². The van der Waals surface area contributed by atoms with Crippen molar-refractivity contribution >= 4 is 5.78 Å². The molecule has 0 fully saturated rings. The molecule has 0 amide bonds. The van der Waals surface area contributed by atoms with Gasteiger partial charge in [0, 0.05) is 18.3 Å². The summed E-state index contributed by atoms with van der Waals surface area (Å²) >= 11 is 0. The number of Topliss-reactive ketones (excluding diaryl/α,β-unsaturated/α-hetero) is 1. The van der Waals surface area contributed by atoms with E-state index in [1.54, 1.807) is 18.3 Å². The summed E-state index contributed by atoms with van der Waals surface area (Å²) in [6, 6.07) is 11.4. The number of carbonyl (C=O) groups is 1. The Morgan fingerprint density at radius 1 is 1.26 bits per heavy atom. The van der Waals surface area contributed by atoms with E-state index in [1.165, 1.54) is 12.1 Å². The van der Waals surface area contributed by atoms with E-state index in [0.717, 1.165) is 5.69 Å². The fourth-order valence-electron chi connectivity index (χ4n) is 1.82. The predicted octanol–water partition coefficient (Wildman–Crippen LogP) is 2.54. The lowest BCUT2D eigenvalue weighted by molar-refractivity contribution is 0.0942. The Labute approximate surface area is 111 Å². The molecule has 0 aliphatic heterocycles. The number of benzene rings is 1. The van der Waals surface area contributed by atoms with Crippen LogP contribution in [0.15, 0.2) is 48.7 Å². The molecule has 0 unspecified atom stereocenters. The summed E-state index contributed by atoms with van der Waals surface area (Å²) in [5.41, 5.74) is 1.30. The molecule has 1 aromatic heterocycles. The summed E-state index contributed by atoms with van der Waals surface area (Å²) in [5.74, 6) is -0.490. The van der Waals surface area contributed by atoms with Gasteiger partial charge in [-0.05, 0) is 31.3 Å². The number of rotatable bonds is 5. The minimum Gasteiger partial charge on any atom is -0.293 e. The van der Waals surface area contributed by atoms with Gasteiger partial charge >= 0.3 is 0 Å². The molecule has 0 N–H and O–H groups in total. The topological polar surface area (TPSA) is 33.2 Å². The largest absolute Gasteiger partial charge is 0.293 e. The van der Waals surface area contributed by atoms with Crippen molar-refractivity contribution in [3.63, 3.8) is 0 Å². The molecule has 1 heterocycles. The lowest BCUT2D eigenvalue weighted by Crippen LogP contribution is -2.26. The van der Waals surface area contributed by atoms with E-state index < -0.39 is 5.82 Å². The molecule has 0 spiro atoms. The third-order valence-corrected chi connectivity index (χ3v) is 2.72. The number of hydrogen-bond acceptors (Lipinski definition) is 3. The Bertz CT molecular complexity index is 557. The zero-order valence-electron chi connectivity index (χ0n) is 10.7. The molecule has 1 aromatic carbocycles. The van der Waals surface area contributed by atoms with Gasteiger partial charge in [-0.2, -0.15) is 0 Å². The van der Waals surface area contributed by atoms with Gasteiger partial charge < -0.3 is 0 Å². The highest BCUT2D eigenvalue weighted by molar-refractivity contribution is 5.97. The Hall–Kier alpha value is -2.07. The zero-order valence-corrected chi connectivity index (χ0v) is 10.7. The number of aromatic nitrogens is 1. The van der Waals surface area contributed by atoms with Crippen molar-refractivity contribution < 1.29 is 9.18 Å². The van der Waals surface area contributed by atoms with E-state index in [9.17, 15) is 9.18 Å². The van der Waals surface area contributed by atoms with Gasteiger partial charge in [-0.3, -0.25) is 14.7 Å². The van der Waals surface area contributed by atoms with Crippen molar-refractivity contribution in [3.05, 3.63) is 65.7 Å². The van der Waals surface area contributed by atoms with E-state index in [2.05, 4.69) is 4.98 Å². The van der Waals surface area contributed by atoms with E-state index in [4.69, 9.17) is 0 Å². The van der Waals surface area contributed by atoms with Crippen molar-refractivity contribution in [2.75, 3.05) is 13.6 Å². The average molecular weight is 258 g/mol. The van der Waals surface area contributed by atoms with Crippen LogP contribution in [-0.4, -0.2) is 29.3 Å². The Morgan fingerprint density at radius 3 is 2.79 bits per heavy atom. The van der Waals surface area contributed by atoms with Gasteiger partial charge in [0.15, 0.2) is 5.78 Å². The second kappa shape index (κ2) is 6.20. The van der Waals surface area contributed by atoms with Crippen LogP contribution in [0.2, 0.25) is 0 Å². The van der Waals surface area contributed by atoms with Crippen LogP contribution >= 0.6 is 0 Å². The number of likely N-dealkylation sites (N-methyl/N-ethyl adjacent to an activating group) is 1. The van der Waals surface area contributed by atoms with Crippen LogP contribution in [0.1, 0.15) is 16.1 Å². The van der Waals surface area contributed by atoms with Crippen LogP contribution in [0.3, 0.4) is 0 Å². The van der Waals surface area contributed by atoms with Crippen LogP contribution < -0.4 is 0 Å². The molecule has 19 heavy (non-hydrogen) atoms. The molecule has 98 valence electrons. The van der Waals surface area contributed by atoms with E-state index in [0.29, 0.717) is 12.1 Å². The van der Waals surface area contributed by atoms with Crippen LogP contribution in [0.5, 0.6) is 0 Å². The molecule has 0 aliphatic carbocycles. The van der Waals surface area contributed by atoms with Crippen molar-refractivity contribution in [1.82, 2.24) is 9.88 Å². The second-order valence-corrected chi connectivity index (χ2v) is 4.43. The Kier molecular flexibility index (Phi) is 4.36. The molecule has 2 rings (SSSR count). The van der Waals surface area contributed by atoms with Gasteiger partial charge in [0.1, 0.15) is 5.82 Å². The highest BCUT2D eigenvalue weighted by Crippen LogP contribution is 2.06. The van der Waals surface area contributed by atoms with Gasteiger partial charge in [0.2, 0.25) is 0 Å². The average Bonchev–Trinajstić information content (AvgIpc) is 2.39. The van der Waals surface area contributed by atoms with Crippen LogP contribution in [0.25, 0.3) is 0 Å². The first-order valence-electron chi connectivity index (χ1n) is 6.02. The standard InChI is InChI=1S/C15H15FN2O/c1-18(10-14-7-2-3-8-17-14)11-15(19)12-5-4-6-13(16)9-12/h2-9H,10-11H2,1H3. The van der Waals surface area contributed by atoms with Crippen molar-refractivity contribution in [1.29, 1.82) is 0 Å². The fraction of sp³-hybridized carbons (Fsp3) is 0.200. The molecule has 0 radical (unpaired) electrons. The number of carbonyl (C=O) groups excluding carboxylic acids is 1. The number of ketones is 1. The number of hydrogen-bond donors (Lipinski definition) is 0. The van der Waals surface area contributed by atoms with Crippen molar-refractivity contribution in [3.8, 4) is 0 Å². The Morgan fingerprint density at radius 2 is 2.11 bits per heavy atom. The minimum absolute atomic E-state index is 0.0991. The molecular weight excluding hydrogens is 243 g/mol. The monoisotopic (exact) mass is 258 g/mol. The SMILES string of the molecule is CN(CC(=O)c1cccc(F)c1)Cc1ccccn1. The first-order chi connectivity index (χ1) is 9.15. The molecule has 0 aliphatic rings. The predicted molar refractivity (Wildman–Crippen MR) is 71.3 cm³/mol. The molecule has 3 nitrogen and oxygen atoms in total. The first kappa shape index (κ1) is 13.4. The van der Waals surface area contributed by atoms with Crippen LogP contribution in [-0.2, 0) is 6.54 Å². The third kappa shape index (κ3) is 3.96. The van der Waals surface area contributed by atoms with Gasteiger partial charge in [0.25, 0.3) is 0 Å². The molecule has 4 heteroatoms. The second-order valence-electron chi connectivity index (χ2n) is 4.43. The fourth-order valence-corrected chi connectivity index (χ4v) is 1.82. The molecule has 2 aromatic rings. The molecule has 0 saturated carbocycles. The maximum Gasteiger partial charge on any atom is 0.176 e. The first-order valence-corrected chi connectivity index (χ1v) is 6.02. The lowest BCUT2D eigenvalue weighted by Gasteiger charge is -2.15. The van der Waals surface area contributed by atoms with Crippen LogP contribution in [0.4, 0.5) is 4.39 Å². The molecular formula is C15H15FN2O. The van der Waals surface area contributed by atoms with Gasteiger partial charge in [-0.15, -0.1) is 0 Å². The van der Waals surface area contributed by atoms with E-state index in [1.807, 2.05) is 30.1 Å². The molecule has 0 bridgehead atoms. The smallest absolute Gasteiger partial charge is 0.176 e. The van der Waals surface area contributed by atoms with Crippen LogP contribution in [0, 0.1) is 5.82 Å². The summed E-state index contributed by atoms with van der Waals surface area (Å²) in [7, 11) is 1.84. The Balaban J connectivity index is 1.95. The maximum atomic E-state index is 13.0. The normalized spacial score (nSPS) is 10.7. The number of pyridine rings is 1. The van der Waals surface area contributed by atoms with E-state index >= 15 is 0 Å².